The van der Waals surface area contributed by atoms with Gasteiger partial charge in [-0.2, -0.15) is 4.98 Å². The van der Waals surface area contributed by atoms with Crippen LogP contribution < -0.4 is 5.32 Å². The van der Waals surface area contributed by atoms with Gasteiger partial charge in [-0.15, -0.1) is 0 Å². The predicted octanol–water partition coefficient (Wildman–Crippen LogP) is 2.94. The van der Waals surface area contributed by atoms with Crippen molar-refractivity contribution in [2.24, 2.45) is 0 Å². The lowest BCUT2D eigenvalue weighted by atomic mass is 10.3. The van der Waals surface area contributed by atoms with Gasteiger partial charge in [0.05, 0.1) is 11.1 Å². The van der Waals surface area contributed by atoms with Gasteiger partial charge in [0.25, 0.3) is 9.05 Å². The Morgan fingerprint density at radius 1 is 1.21 bits per heavy atom. The van der Waals surface area contributed by atoms with Crippen molar-refractivity contribution in [3.63, 3.8) is 0 Å². The number of aromatic nitrogens is 2. The molecule has 100 valence electrons. The van der Waals surface area contributed by atoms with Crippen LogP contribution in [0.3, 0.4) is 0 Å². The summed E-state index contributed by atoms with van der Waals surface area (Å²) in [4.78, 5) is 7.31. The van der Waals surface area contributed by atoms with Crippen LogP contribution in [0.15, 0.2) is 35.4 Å². The molecule has 1 heterocycles. The molecule has 0 atom stereocenters. The fraction of sp³-hybridized carbons (Fsp3) is 0. The van der Waals surface area contributed by atoms with Crippen LogP contribution in [-0.4, -0.2) is 18.4 Å². The first-order valence-electron chi connectivity index (χ1n) is 4.86. The van der Waals surface area contributed by atoms with Gasteiger partial charge in [-0.1, -0.05) is 11.6 Å². The molecule has 0 aliphatic carbocycles. The molecule has 2 rings (SSSR count). The number of halogens is 3. The second-order valence-electron chi connectivity index (χ2n) is 3.42. The Hall–Kier alpha value is -1.44. The Labute approximate surface area is 117 Å². The van der Waals surface area contributed by atoms with Crippen molar-refractivity contribution in [2.75, 3.05) is 5.32 Å². The zero-order valence-corrected chi connectivity index (χ0v) is 11.5. The van der Waals surface area contributed by atoms with E-state index < -0.39 is 14.9 Å². The molecular weight excluding hydrogens is 316 g/mol. The molecule has 5 nitrogen and oxygen atoms in total. The first kappa shape index (κ1) is 14.0. The maximum absolute atomic E-state index is 12.9. The Morgan fingerprint density at radius 2 is 1.84 bits per heavy atom. The molecule has 0 aliphatic rings. The van der Waals surface area contributed by atoms with E-state index >= 15 is 0 Å². The molecule has 2 aromatic rings. The van der Waals surface area contributed by atoms with E-state index in [0.717, 1.165) is 6.20 Å². The number of hydrogen-bond donors (Lipinski definition) is 1. The van der Waals surface area contributed by atoms with Crippen LogP contribution in [0.2, 0.25) is 5.15 Å². The number of nitrogens with one attached hydrogen (secondary N) is 1. The van der Waals surface area contributed by atoms with E-state index in [2.05, 4.69) is 15.3 Å². The fourth-order valence-corrected chi connectivity index (χ4v) is 2.14. The van der Waals surface area contributed by atoms with E-state index in [4.69, 9.17) is 22.3 Å². The zero-order valence-electron chi connectivity index (χ0n) is 9.14. The quantitative estimate of drug-likeness (QED) is 0.695. The first-order chi connectivity index (χ1) is 8.86. The summed E-state index contributed by atoms with van der Waals surface area (Å²) in [7, 11) is 1.42. The topological polar surface area (TPSA) is 72.0 Å². The van der Waals surface area contributed by atoms with E-state index in [1.165, 1.54) is 24.3 Å². The van der Waals surface area contributed by atoms with Crippen molar-refractivity contribution < 1.29 is 12.8 Å². The third-order valence-electron chi connectivity index (χ3n) is 2.09. The molecule has 0 radical (unpaired) electrons. The second-order valence-corrected chi connectivity index (χ2v) is 6.34. The minimum absolute atomic E-state index is 0.0298. The molecule has 9 heteroatoms. The van der Waals surface area contributed by atoms with Crippen molar-refractivity contribution in [2.45, 2.75) is 4.90 Å². The van der Waals surface area contributed by atoms with Crippen LogP contribution in [0.25, 0.3) is 0 Å². The Balaban J connectivity index is 2.22. The molecule has 19 heavy (non-hydrogen) atoms. The van der Waals surface area contributed by atoms with Gasteiger partial charge in [0.1, 0.15) is 0 Å². The number of benzene rings is 1. The lowest BCUT2D eigenvalue weighted by Gasteiger charge is -2.05. The lowest BCUT2D eigenvalue weighted by Crippen LogP contribution is -1.99. The third-order valence-corrected chi connectivity index (χ3v) is 3.73. The predicted molar refractivity (Wildman–Crippen MR) is 69.8 cm³/mol. The maximum Gasteiger partial charge on any atom is 0.261 e. The molecule has 1 aromatic carbocycles. The Bertz CT molecular complexity index is 707. The molecular formula is C10H6Cl2FN3O2S. The van der Waals surface area contributed by atoms with Crippen molar-refractivity contribution >= 4 is 43.0 Å². The molecule has 0 fully saturated rings. The van der Waals surface area contributed by atoms with Crippen LogP contribution in [0.1, 0.15) is 0 Å². The molecule has 0 aliphatic heterocycles. The number of hydrogen-bond acceptors (Lipinski definition) is 5. The van der Waals surface area contributed by atoms with Crippen LogP contribution >= 0.6 is 22.3 Å². The Morgan fingerprint density at radius 3 is 2.37 bits per heavy atom. The zero-order chi connectivity index (χ0) is 14.0. The summed E-state index contributed by atoms with van der Waals surface area (Å²) >= 11 is 5.50. The van der Waals surface area contributed by atoms with Gasteiger partial charge in [-0.25, -0.2) is 17.8 Å². The first-order valence-corrected chi connectivity index (χ1v) is 7.55. The van der Waals surface area contributed by atoms with Crippen molar-refractivity contribution in [3.8, 4) is 0 Å². The molecule has 0 spiro atoms. The van der Waals surface area contributed by atoms with E-state index in [1.807, 2.05) is 0 Å². The molecule has 0 amide bonds. The van der Waals surface area contributed by atoms with Gasteiger partial charge in [-0.3, -0.25) is 0 Å². The Kier molecular flexibility index (Phi) is 3.88. The van der Waals surface area contributed by atoms with Gasteiger partial charge >= 0.3 is 0 Å². The molecule has 1 aromatic heterocycles. The summed E-state index contributed by atoms with van der Waals surface area (Å²) in [5.41, 5.74) is 0.506. The normalized spacial score (nSPS) is 11.3. The van der Waals surface area contributed by atoms with Crippen LogP contribution in [-0.2, 0) is 9.05 Å². The highest BCUT2D eigenvalue weighted by Crippen LogP contribution is 2.20. The summed E-state index contributed by atoms with van der Waals surface area (Å²) in [5, 5.41) is 2.43. The average Bonchev–Trinajstić information content (AvgIpc) is 2.33. The van der Waals surface area contributed by atoms with Gasteiger partial charge in [-0.05, 0) is 24.3 Å². The minimum atomic E-state index is -3.76. The van der Waals surface area contributed by atoms with Crippen LogP contribution in [0, 0.1) is 5.82 Å². The summed E-state index contributed by atoms with van der Waals surface area (Å²) in [6.07, 6.45) is 0.926. The largest absolute Gasteiger partial charge is 0.324 e. The summed E-state index contributed by atoms with van der Waals surface area (Å²) < 4.78 is 34.9. The van der Waals surface area contributed by atoms with E-state index in [-0.39, 0.29) is 16.0 Å². The molecule has 1 N–H and O–H groups in total. The van der Waals surface area contributed by atoms with Crippen molar-refractivity contribution in [1.29, 1.82) is 0 Å². The van der Waals surface area contributed by atoms with Crippen molar-refractivity contribution in [3.05, 3.63) is 41.4 Å². The monoisotopic (exact) mass is 321 g/mol. The maximum atomic E-state index is 12.9. The standard InChI is InChI=1S/C10H6Cl2FN3O2S/c11-9-8(13)5-14-10(16-9)15-6-1-3-7(4-2-6)19(12,17)18/h1-5H,(H,14,15,16). The van der Waals surface area contributed by atoms with Gasteiger partial charge in [0.2, 0.25) is 5.95 Å². The summed E-state index contributed by atoms with van der Waals surface area (Å²) in [6.45, 7) is 0. The van der Waals surface area contributed by atoms with Crippen molar-refractivity contribution in [1.82, 2.24) is 9.97 Å². The van der Waals surface area contributed by atoms with E-state index in [0.29, 0.717) is 5.69 Å². The highest BCUT2D eigenvalue weighted by atomic mass is 35.7. The van der Waals surface area contributed by atoms with Crippen LogP contribution in [0.4, 0.5) is 16.0 Å². The number of anilines is 2. The second kappa shape index (κ2) is 5.28. The van der Waals surface area contributed by atoms with Gasteiger partial charge < -0.3 is 5.32 Å². The molecule has 0 saturated carbocycles. The highest BCUT2D eigenvalue weighted by Gasteiger charge is 2.09. The smallest absolute Gasteiger partial charge is 0.261 e. The van der Waals surface area contributed by atoms with Gasteiger partial charge in [0.15, 0.2) is 11.0 Å². The molecule has 0 unspecified atom stereocenters. The number of nitrogens with zero attached hydrogens (tertiary/aromatic N) is 2. The lowest BCUT2D eigenvalue weighted by molar-refractivity contribution is 0.609. The number of rotatable bonds is 3. The average molecular weight is 322 g/mol. The summed E-state index contributed by atoms with van der Waals surface area (Å²) in [6, 6.07) is 5.57. The van der Waals surface area contributed by atoms with E-state index in [1.54, 1.807) is 0 Å². The third kappa shape index (κ3) is 3.52. The molecule has 0 bridgehead atoms. The summed E-state index contributed by atoms with van der Waals surface area (Å²) in [5.74, 6) is -0.635. The SMILES string of the molecule is O=S(=O)(Cl)c1ccc(Nc2ncc(F)c(Cl)n2)cc1. The highest BCUT2D eigenvalue weighted by molar-refractivity contribution is 8.13. The minimum Gasteiger partial charge on any atom is -0.324 e. The van der Waals surface area contributed by atoms with E-state index in [9.17, 15) is 12.8 Å². The molecule has 0 saturated heterocycles. The fourth-order valence-electron chi connectivity index (χ4n) is 1.24. The van der Waals surface area contributed by atoms with Crippen LogP contribution in [0.5, 0.6) is 0 Å². The van der Waals surface area contributed by atoms with Gasteiger partial charge in [0, 0.05) is 16.4 Å².